The Hall–Kier alpha value is -3.30. The lowest BCUT2D eigenvalue weighted by molar-refractivity contribution is -0.136. The van der Waals surface area contributed by atoms with Gasteiger partial charge in [-0.05, 0) is 37.1 Å². The van der Waals surface area contributed by atoms with E-state index in [9.17, 15) is 19.2 Å². The minimum absolute atomic E-state index is 0.0837. The van der Waals surface area contributed by atoms with Crippen molar-refractivity contribution in [2.45, 2.75) is 44.4 Å². The number of imide groups is 2. The van der Waals surface area contributed by atoms with Gasteiger partial charge in [-0.15, -0.1) is 0 Å². The molecule has 2 aromatic rings. The molecule has 1 aromatic carbocycles. The molecule has 30 heavy (non-hydrogen) atoms. The monoisotopic (exact) mass is 410 g/mol. The summed E-state index contributed by atoms with van der Waals surface area (Å²) >= 11 is 0. The molecule has 0 spiro atoms. The molecule has 3 atom stereocenters. The average molecular weight is 410 g/mol. The highest BCUT2D eigenvalue weighted by Gasteiger charge is 2.45. The molecule has 4 rings (SSSR count). The van der Waals surface area contributed by atoms with Gasteiger partial charge in [0.2, 0.25) is 11.8 Å². The fraction of sp³-hybridized carbons (Fsp3) is 0.333. The number of nitrogens with one attached hydrogen (secondary N) is 2. The first-order valence-corrected chi connectivity index (χ1v) is 9.74. The van der Waals surface area contributed by atoms with Gasteiger partial charge in [0, 0.05) is 19.0 Å². The summed E-state index contributed by atoms with van der Waals surface area (Å²) in [7, 11) is 0. The SMILES string of the molecule is CC(NCc1cccc2c1C(=O)N(C1CCC(=O)NC1=O)C2=O)C(N)c1ccco1. The largest absolute Gasteiger partial charge is 0.468 e. The fourth-order valence-corrected chi connectivity index (χ4v) is 3.86. The molecule has 1 saturated heterocycles. The van der Waals surface area contributed by atoms with Gasteiger partial charge in [-0.2, -0.15) is 0 Å². The van der Waals surface area contributed by atoms with Crippen LogP contribution in [0.3, 0.4) is 0 Å². The van der Waals surface area contributed by atoms with E-state index in [1.807, 2.05) is 6.92 Å². The standard InChI is InChI=1S/C21H22N4O5/c1-11(18(22)15-6-3-9-30-15)23-10-12-4-2-5-13-17(12)21(29)25(20(13)28)14-7-8-16(26)24-19(14)27/h2-6,9,11,14,18,23H,7-8,10,22H2,1H3,(H,24,26,27). The van der Waals surface area contributed by atoms with Gasteiger partial charge < -0.3 is 15.5 Å². The van der Waals surface area contributed by atoms with Crippen molar-refractivity contribution in [2.75, 3.05) is 0 Å². The van der Waals surface area contributed by atoms with Crippen molar-refractivity contribution in [1.29, 1.82) is 0 Å². The zero-order valence-electron chi connectivity index (χ0n) is 16.4. The second-order valence-corrected chi connectivity index (χ2v) is 7.50. The first-order chi connectivity index (χ1) is 14.4. The van der Waals surface area contributed by atoms with Crippen LogP contribution in [0.15, 0.2) is 41.0 Å². The Labute approximate surface area is 172 Å². The number of piperidine rings is 1. The smallest absolute Gasteiger partial charge is 0.262 e. The Balaban J connectivity index is 1.53. The number of rotatable bonds is 6. The summed E-state index contributed by atoms with van der Waals surface area (Å²) in [5.41, 5.74) is 7.37. The van der Waals surface area contributed by atoms with E-state index in [1.165, 1.54) is 0 Å². The number of hydrogen-bond acceptors (Lipinski definition) is 7. The summed E-state index contributed by atoms with van der Waals surface area (Å²) in [4.78, 5) is 50.6. The molecule has 156 valence electrons. The number of hydrogen-bond donors (Lipinski definition) is 3. The van der Waals surface area contributed by atoms with Crippen LogP contribution in [0.4, 0.5) is 0 Å². The van der Waals surface area contributed by atoms with Gasteiger partial charge in [0.05, 0.1) is 23.4 Å². The number of fused-ring (bicyclic) bond motifs is 1. The number of benzene rings is 1. The number of carbonyl (C=O) groups is 4. The minimum atomic E-state index is -0.984. The van der Waals surface area contributed by atoms with E-state index in [0.717, 1.165) is 4.90 Å². The third-order valence-electron chi connectivity index (χ3n) is 5.58. The molecule has 3 unspecified atom stereocenters. The van der Waals surface area contributed by atoms with Gasteiger partial charge in [0.25, 0.3) is 11.8 Å². The van der Waals surface area contributed by atoms with E-state index in [-0.39, 0.29) is 36.1 Å². The topological polar surface area (TPSA) is 135 Å². The minimum Gasteiger partial charge on any atom is -0.468 e. The zero-order chi connectivity index (χ0) is 21.4. The first-order valence-electron chi connectivity index (χ1n) is 9.74. The summed E-state index contributed by atoms with van der Waals surface area (Å²) in [5.74, 6) is -1.43. The third-order valence-corrected chi connectivity index (χ3v) is 5.58. The summed E-state index contributed by atoms with van der Waals surface area (Å²) in [6.45, 7) is 2.21. The van der Waals surface area contributed by atoms with Crippen molar-refractivity contribution in [3.05, 3.63) is 59.0 Å². The van der Waals surface area contributed by atoms with E-state index in [0.29, 0.717) is 17.9 Å². The maximum absolute atomic E-state index is 13.1. The van der Waals surface area contributed by atoms with Crippen LogP contribution in [0.1, 0.15) is 57.8 Å². The van der Waals surface area contributed by atoms with Gasteiger partial charge in [-0.3, -0.25) is 29.4 Å². The average Bonchev–Trinajstić information content (AvgIpc) is 3.34. The normalized spacial score (nSPS) is 20.9. The molecule has 0 aliphatic carbocycles. The highest BCUT2D eigenvalue weighted by atomic mass is 16.3. The lowest BCUT2D eigenvalue weighted by Crippen LogP contribution is -2.54. The Morgan fingerprint density at radius 1 is 1.20 bits per heavy atom. The van der Waals surface area contributed by atoms with Crippen LogP contribution in [0.2, 0.25) is 0 Å². The molecule has 3 heterocycles. The van der Waals surface area contributed by atoms with Crippen molar-refractivity contribution < 1.29 is 23.6 Å². The molecule has 9 heteroatoms. The van der Waals surface area contributed by atoms with Crippen molar-refractivity contribution >= 4 is 23.6 Å². The summed E-state index contributed by atoms with van der Waals surface area (Å²) in [6.07, 6.45) is 1.76. The van der Waals surface area contributed by atoms with Crippen molar-refractivity contribution in [3.8, 4) is 0 Å². The number of nitrogens with two attached hydrogens (primary N) is 1. The Morgan fingerprint density at radius 3 is 2.70 bits per heavy atom. The van der Waals surface area contributed by atoms with Crippen LogP contribution >= 0.6 is 0 Å². The second kappa shape index (κ2) is 7.85. The molecule has 2 aliphatic rings. The maximum Gasteiger partial charge on any atom is 0.262 e. The molecule has 0 radical (unpaired) electrons. The van der Waals surface area contributed by atoms with Gasteiger partial charge in [0.15, 0.2) is 0 Å². The van der Waals surface area contributed by atoms with Crippen LogP contribution in [0.5, 0.6) is 0 Å². The van der Waals surface area contributed by atoms with Crippen molar-refractivity contribution in [2.24, 2.45) is 5.73 Å². The number of nitrogens with zero attached hydrogens (tertiary/aromatic N) is 1. The first kappa shape index (κ1) is 20.0. The van der Waals surface area contributed by atoms with E-state index in [4.69, 9.17) is 10.2 Å². The van der Waals surface area contributed by atoms with Crippen LogP contribution in [0.25, 0.3) is 0 Å². The van der Waals surface area contributed by atoms with Crippen LogP contribution in [-0.4, -0.2) is 40.6 Å². The number of amides is 4. The van der Waals surface area contributed by atoms with Gasteiger partial charge in [-0.1, -0.05) is 12.1 Å². The molecule has 9 nitrogen and oxygen atoms in total. The molecule has 0 saturated carbocycles. The van der Waals surface area contributed by atoms with E-state index in [2.05, 4.69) is 10.6 Å². The van der Waals surface area contributed by atoms with Crippen LogP contribution in [-0.2, 0) is 16.1 Å². The molecule has 1 fully saturated rings. The Kier molecular flexibility index (Phi) is 5.23. The zero-order valence-corrected chi connectivity index (χ0v) is 16.4. The molecule has 4 amide bonds. The fourth-order valence-electron chi connectivity index (χ4n) is 3.86. The maximum atomic E-state index is 13.1. The molecule has 0 bridgehead atoms. The predicted molar refractivity (Wildman–Crippen MR) is 105 cm³/mol. The summed E-state index contributed by atoms with van der Waals surface area (Å²) in [6, 6.07) is 7.07. The number of furan rings is 1. The summed E-state index contributed by atoms with van der Waals surface area (Å²) < 4.78 is 5.34. The highest BCUT2D eigenvalue weighted by Crippen LogP contribution is 2.30. The van der Waals surface area contributed by atoms with Gasteiger partial charge >= 0.3 is 0 Å². The van der Waals surface area contributed by atoms with Crippen molar-refractivity contribution in [1.82, 2.24) is 15.5 Å². The quantitative estimate of drug-likeness (QED) is 0.601. The Morgan fingerprint density at radius 2 is 2.00 bits per heavy atom. The Bertz CT molecular complexity index is 1020. The van der Waals surface area contributed by atoms with Crippen LogP contribution in [0, 0.1) is 0 Å². The third kappa shape index (κ3) is 3.42. The highest BCUT2D eigenvalue weighted by molar-refractivity contribution is 6.24. The molecule has 1 aromatic heterocycles. The molecule has 4 N–H and O–H groups in total. The van der Waals surface area contributed by atoms with E-state index in [1.54, 1.807) is 36.6 Å². The molecular weight excluding hydrogens is 388 g/mol. The number of carbonyl (C=O) groups excluding carboxylic acids is 4. The van der Waals surface area contributed by atoms with Gasteiger partial charge in [-0.25, -0.2) is 0 Å². The van der Waals surface area contributed by atoms with E-state index >= 15 is 0 Å². The molecule has 2 aliphatic heterocycles. The van der Waals surface area contributed by atoms with Crippen LogP contribution < -0.4 is 16.4 Å². The van der Waals surface area contributed by atoms with Gasteiger partial charge in [0.1, 0.15) is 11.8 Å². The lowest BCUT2D eigenvalue weighted by atomic mass is 10.0. The lowest BCUT2D eigenvalue weighted by Gasteiger charge is -2.27. The van der Waals surface area contributed by atoms with Crippen molar-refractivity contribution in [3.63, 3.8) is 0 Å². The second-order valence-electron chi connectivity index (χ2n) is 7.50. The van der Waals surface area contributed by atoms with E-state index < -0.39 is 29.7 Å². The predicted octanol–water partition coefficient (Wildman–Crippen LogP) is 0.859. The molecular formula is C21H22N4O5. The summed E-state index contributed by atoms with van der Waals surface area (Å²) in [5, 5.41) is 5.47.